The molecule has 3 saturated heterocycles. The fourth-order valence-electron chi connectivity index (χ4n) is 10.2. The number of halogens is 2. The Labute approximate surface area is 313 Å². The maximum atomic E-state index is 17.3. The van der Waals surface area contributed by atoms with Gasteiger partial charge in [0.15, 0.2) is 5.82 Å². The number of aromatic nitrogens is 5. The summed E-state index contributed by atoms with van der Waals surface area (Å²) in [6.45, 7) is 8.10. The van der Waals surface area contributed by atoms with Gasteiger partial charge >= 0.3 is 6.01 Å². The molecule has 2 aliphatic carbocycles. The Hall–Kier alpha value is -3.36. The van der Waals surface area contributed by atoms with E-state index in [1.54, 1.807) is 19.2 Å². The number of piperidine rings is 1. The predicted octanol–water partition coefficient (Wildman–Crippen LogP) is 6.24. The molecule has 1 aromatic carbocycles. The van der Waals surface area contributed by atoms with Crippen molar-refractivity contribution in [3.05, 3.63) is 28.7 Å². The van der Waals surface area contributed by atoms with Crippen molar-refractivity contribution in [3.8, 4) is 23.1 Å². The normalized spacial score (nSPS) is 28.0. The van der Waals surface area contributed by atoms with Crippen molar-refractivity contribution in [2.45, 2.75) is 89.3 Å². The lowest BCUT2D eigenvalue weighted by atomic mass is 9.69. The Bertz CT molecular complexity index is 2030. The van der Waals surface area contributed by atoms with Crippen LogP contribution in [-0.2, 0) is 9.47 Å². The van der Waals surface area contributed by atoms with Crippen LogP contribution in [-0.4, -0.2) is 113 Å². The maximum Gasteiger partial charge on any atom is 0.319 e. The number of hydrogen-bond donors (Lipinski definition) is 2. The molecule has 0 amide bonds. The highest BCUT2D eigenvalue weighted by Crippen LogP contribution is 2.52. The molecule has 53 heavy (non-hydrogen) atoms. The van der Waals surface area contributed by atoms with E-state index < -0.39 is 11.4 Å². The summed E-state index contributed by atoms with van der Waals surface area (Å²) < 4.78 is 41.2. The van der Waals surface area contributed by atoms with E-state index in [9.17, 15) is 5.11 Å². The molecule has 2 saturated carbocycles. The number of ether oxygens (including phenoxy) is 4. The van der Waals surface area contributed by atoms with Gasteiger partial charge in [0.1, 0.15) is 28.0 Å². The number of methoxy groups -OCH3 is 1. The molecule has 3 aliphatic heterocycles. The highest BCUT2D eigenvalue weighted by Gasteiger charge is 2.52. The zero-order valence-corrected chi connectivity index (χ0v) is 31.6. The summed E-state index contributed by atoms with van der Waals surface area (Å²) in [6.07, 6.45) is 12.2. The maximum absolute atomic E-state index is 17.3. The first-order valence-electron chi connectivity index (χ1n) is 19.2. The topological polar surface area (TPSA) is 131 Å². The Balaban J connectivity index is 1.11. The lowest BCUT2D eigenvalue weighted by Crippen LogP contribution is -2.57. The molecule has 0 radical (unpaired) electrons. The molecule has 2 N–H and O–H groups in total. The van der Waals surface area contributed by atoms with Crippen LogP contribution < -0.4 is 14.4 Å². The molecule has 284 valence electrons. The average molecular weight is 750 g/mol. The number of anilines is 1. The fraction of sp³-hybridized carbons (Fsp3) is 0.641. The van der Waals surface area contributed by atoms with Gasteiger partial charge in [0.05, 0.1) is 58.4 Å². The van der Waals surface area contributed by atoms with Gasteiger partial charge < -0.3 is 29.0 Å². The molecule has 0 unspecified atom stereocenters. The number of likely N-dealkylation sites (tertiary alicyclic amines) is 1. The third-order valence-corrected chi connectivity index (χ3v) is 13.4. The first-order chi connectivity index (χ1) is 25.6. The van der Waals surface area contributed by atoms with E-state index in [1.165, 1.54) is 32.8 Å². The van der Waals surface area contributed by atoms with Crippen LogP contribution in [0.5, 0.6) is 11.9 Å². The third-order valence-electron chi connectivity index (χ3n) is 13.0. The molecular weight excluding hydrogens is 701 g/mol. The summed E-state index contributed by atoms with van der Waals surface area (Å²) in [5, 5.41) is 19.8. The molecular formula is C39H49ClFN7O5. The number of aromatic amines is 1. The fourth-order valence-corrected chi connectivity index (χ4v) is 10.4. The van der Waals surface area contributed by atoms with Crippen LogP contribution in [0.25, 0.3) is 33.1 Å². The largest absolute Gasteiger partial charge is 0.480 e. The van der Waals surface area contributed by atoms with Crippen molar-refractivity contribution in [1.82, 2.24) is 30.0 Å². The number of β-amino-alcohol motifs (C(OH)–C–C–N with tert-alkyl or cyclic N) is 1. The highest BCUT2D eigenvalue weighted by atomic mass is 35.5. The van der Waals surface area contributed by atoms with Crippen LogP contribution in [0, 0.1) is 23.6 Å². The molecule has 9 rings (SSSR count). The first-order valence-corrected chi connectivity index (χ1v) is 19.6. The summed E-state index contributed by atoms with van der Waals surface area (Å²) in [7, 11) is 1.50. The number of hydrogen-bond acceptors (Lipinski definition) is 11. The first kappa shape index (κ1) is 35.3. The zero-order chi connectivity index (χ0) is 36.5. The van der Waals surface area contributed by atoms with E-state index in [2.05, 4.69) is 15.1 Å². The van der Waals surface area contributed by atoms with Crippen molar-refractivity contribution in [3.63, 3.8) is 0 Å². The SMILES string of the molecule is COc1nc(-c2c(C)c(Cl)cc3[nH]ncc23)c(F)c2nc(OC[C@]34CCC[C@H]3N(C3CCC5(CC3)COC5)CCC4)nc(N3CCOC[C@@](C)(O)C3)c12. The van der Waals surface area contributed by atoms with Crippen LogP contribution >= 0.6 is 11.6 Å². The number of H-pyrrole nitrogens is 1. The van der Waals surface area contributed by atoms with Gasteiger partial charge in [0.25, 0.3) is 0 Å². The van der Waals surface area contributed by atoms with E-state index in [0.717, 1.165) is 51.9 Å². The summed E-state index contributed by atoms with van der Waals surface area (Å²) in [6, 6.07) is 2.89. The summed E-state index contributed by atoms with van der Waals surface area (Å²) in [4.78, 5) is 19.2. The quantitative estimate of drug-likeness (QED) is 0.223. The lowest BCUT2D eigenvalue weighted by Gasteiger charge is -2.53. The average Bonchev–Trinajstić information content (AvgIpc) is 3.75. The minimum Gasteiger partial charge on any atom is -0.480 e. The monoisotopic (exact) mass is 749 g/mol. The number of fused-ring (bicyclic) bond motifs is 3. The number of benzene rings is 1. The van der Waals surface area contributed by atoms with Crippen molar-refractivity contribution in [2.75, 3.05) is 64.7 Å². The number of nitrogens with one attached hydrogen (secondary N) is 1. The summed E-state index contributed by atoms with van der Waals surface area (Å²) in [5.41, 5.74) is 1.09. The van der Waals surface area contributed by atoms with Crippen molar-refractivity contribution in [1.29, 1.82) is 0 Å². The standard InChI is InChI=1S/C39H49ClFN7O5/c1-23-26(40)16-27-25(17-42-46-27)29(23)32-31(41)33-30(35(43-32)50-3)34(47-14-15-51-19-37(2,49)18-47)45-36(44-33)53-22-39-9-4-6-28(39)48(13-5-10-39)24-7-11-38(12-8-24)20-52-21-38/h16-17,24,28,49H,4-15,18-22H2,1-3H3,(H,42,46)/t28-,37+,39-/m1/s1. The van der Waals surface area contributed by atoms with Gasteiger partial charge in [-0.05, 0) is 83.4 Å². The highest BCUT2D eigenvalue weighted by molar-refractivity contribution is 6.33. The van der Waals surface area contributed by atoms with Gasteiger partial charge in [0, 0.05) is 45.4 Å². The second-order valence-electron chi connectivity index (χ2n) is 16.6. The molecule has 4 aromatic rings. The summed E-state index contributed by atoms with van der Waals surface area (Å²) in [5.74, 6) is -0.116. The molecule has 12 nitrogen and oxygen atoms in total. The molecule has 3 aromatic heterocycles. The second-order valence-corrected chi connectivity index (χ2v) is 17.0. The number of nitrogens with zero attached hydrogens (tertiary/aromatic N) is 6. The minimum absolute atomic E-state index is 0.0227. The van der Waals surface area contributed by atoms with E-state index in [0.29, 0.717) is 75.5 Å². The van der Waals surface area contributed by atoms with Gasteiger partial charge in [-0.15, -0.1) is 0 Å². The molecule has 1 spiro atoms. The second kappa shape index (κ2) is 13.4. The predicted molar refractivity (Wildman–Crippen MR) is 199 cm³/mol. The van der Waals surface area contributed by atoms with Gasteiger partial charge in [-0.2, -0.15) is 15.1 Å². The molecule has 3 atom stereocenters. The Morgan fingerprint density at radius 2 is 1.87 bits per heavy atom. The molecule has 5 aliphatic rings. The van der Waals surface area contributed by atoms with Crippen LogP contribution in [0.2, 0.25) is 5.02 Å². The van der Waals surface area contributed by atoms with Crippen molar-refractivity contribution in [2.24, 2.45) is 10.8 Å². The van der Waals surface area contributed by atoms with Crippen LogP contribution in [0.3, 0.4) is 0 Å². The van der Waals surface area contributed by atoms with Gasteiger partial charge in [-0.25, -0.2) is 9.37 Å². The van der Waals surface area contributed by atoms with Crippen LogP contribution in [0.1, 0.15) is 70.3 Å². The number of aliphatic hydroxyl groups is 1. The third kappa shape index (κ3) is 6.11. The number of pyridine rings is 1. The zero-order valence-electron chi connectivity index (χ0n) is 30.8. The van der Waals surface area contributed by atoms with E-state index >= 15 is 4.39 Å². The smallest absolute Gasteiger partial charge is 0.319 e. The molecule has 0 bridgehead atoms. The van der Waals surface area contributed by atoms with Crippen LogP contribution in [0.4, 0.5) is 10.2 Å². The summed E-state index contributed by atoms with van der Waals surface area (Å²) >= 11 is 6.65. The van der Waals surface area contributed by atoms with Gasteiger partial charge in [0.2, 0.25) is 5.88 Å². The minimum atomic E-state index is -1.18. The Kier molecular flexibility index (Phi) is 8.96. The van der Waals surface area contributed by atoms with E-state index in [1.807, 2.05) is 11.8 Å². The van der Waals surface area contributed by atoms with E-state index in [4.69, 9.17) is 45.5 Å². The van der Waals surface area contributed by atoms with Crippen LogP contribution in [0.15, 0.2) is 12.3 Å². The Morgan fingerprint density at radius 1 is 1.06 bits per heavy atom. The van der Waals surface area contributed by atoms with Crippen molar-refractivity contribution < 1.29 is 28.4 Å². The molecule has 14 heteroatoms. The van der Waals surface area contributed by atoms with E-state index in [-0.39, 0.29) is 41.7 Å². The van der Waals surface area contributed by atoms with Gasteiger partial charge in [-0.3, -0.25) is 10.00 Å². The molecule has 5 fully saturated rings. The van der Waals surface area contributed by atoms with Crippen molar-refractivity contribution >= 4 is 39.2 Å². The van der Waals surface area contributed by atoms with Gasteiger partial charge in [-0.1, -0.05) is 18.0 Å². The lowest BCUT2D eigenvalue weighted by molar-refractivity contribution is -0.143. The molecule has 6 heterocycles. The number of rotatable bonds is 7. The Morgan fingerprint density at radius 3 is 2.64 bits per heavy atom.